The number of nitrogens with one attached hydrogen (secondary N) is 1. The fraction of sp³-hybridized carbons (Fsp3) is 0.700. The summed E-state index contributed by atoms with van der Waals surface area (Å²) in [4.78, 5) is 7.66. The Morgan fingerprint density at radius 3 is 2.46 bits per heavy atom. The van der Waals surface area contributed by atoms with Crippen LogP contribution in [0.3, 0.4) is 0 Å². The van der Waals surface area contributed by atoms with Crippen molar-refractivity contribution in [3.05, 3.63) is 16.6 Å². The van der Waals surface area contributed by atoms with Crippen molar-refractivity contribution in [1.82, 2.24) is 9.97 Å². The van der Waals surface area contributed by atoms with Crippen molar-refractivity contribution >= 4 is 15.9 Å². The molecule has 0 aromatic carbocycles. The van der Waals surface area contributed by atoms with E-state index < -0.39 is 0 Å². The Balaban J connectivity index is 2.06. The number of hydrogen-bond donors (Lipinski definition) is 1. The number of halogens is 1. The average Bonchev–Trinajstić information content (AvgIpc) is 2.43. The van der Waals surface area contributed by atoms with E-state index in [9.17, 15) is 0 Å². The van der Waals surface area contributed by atoms with Gasteiger partial charge in [-0.05, 0) is 28.8 Å². The van der Waals surface area contributed by atoms with Crippen molar-refractivity contribution in [2.24, 2.45) is 0 Å². The number of aromatic amines is 1. The Labute approximate surface area is 87.3 Å². The second-order valence-corrected chi connectivity index (χ2v) is 4.66. The van der Waals surface area contributed by atoms with Crippen molar-refractivity contribution in [3.63, 3.8) is 0 Å². The molecule has 3 heteroatoms. The summed E-state index contributed by atoms with van der Waals surface area (Å²) >= 11 is 3.40. The molecule has 0 bridgehead atoms. The highest BCUT2D eigenvalue weighted by atomic mass is 79.9. The van der Waals surface area contributed by atoms with Crippen LogP contribution >= 0.6 is 15.9 Å². The highest BCUT2D eigenvalue weighted by Gasteiger charge is 2.16. The van der Waals surface area contributed by atoms with Crippen LogP contribution in [0.4, 0.5) is 0 Å². The van der Waals surface area contributed by atoms with Gasteiger partial charge < -0.3 is 4.98 Å². The predicted molar refractivity (Wildman–Crippen MR) is 56.7 cm³/mol. The van der Waals surface area contributed by atoms with Crippen molar-refractivity contribution < 1.29 is 0 Å². The van der Waals surface area contributed by atoms with Gasteiger partial charge in [0.15, 0.2) is 0 Å². The van der Waals surface area contributed by atoms with E-state index in [0.717, 1.165) is 4.60 Å². The van der Waals surface area contributed by atoms with Crippen molar-refractivity contribution in [1.29, 1.82) is 0 Å². The van der Waals surface area contributed by atoms with Crippen LogP contribution in [0.15, 0.2) is 10.8 Å². The minimum atomic E-state index is 0.675. The Kier molecular flexibility index (Phi) is 3.04. The van der Waals surface area contributed by atoms with Gasteiger partial charge in [-0.25, -0.2) is 4.98 Å². The first kappa shape index (κ1) is 9.25. The molecule has 1 N–H and O–H groups in total. The number of aromatic nitrogens is 2. The largest absolute Gasteiger partial charge is 0.337 e. The zero-order valence-corrected chi connectivity index (χ0v) is 9.31. The first-order valence-electron chi connectivity index (χ1n) is 5.06. The quantitative estimate of drug-likeness (QED) is 0.750. The highest BCUT2D eigenvalue weighted by Crippen LogP contribution is 2.30. The topological polar surface area (TPSA) is 28.7 Å². The molecule has 1 aliphatic rings. The van der Waals surface area contributed by atoms with E-state index in [4.69, 9.17) is 0 Å². The summed E-state index contributed by atoms with van der Waals surface area (Å²) in [5.41, 5.74) is 0. The summed E-state index contributed by atoms with van der Waals surface area (Å²) in [6.45, 7) is 0. The molecule has 1 saturated carbocycles. The van der Waals surface area contributed by atoms with Crippen molar-refractivity contribution in [3.8, 4) is 0 Å². The normalized spacial score (nSPS) is 20.1. The molecule has 0 spiro atoms. The van der Waals surface area contributed by atoms with Gasteiger partial charge in [-0.15, -0.1) is 0 Å². The Hall–Kier alpha value is -0.310. The van der Waals surface area contributed by atoms with E-state index in [2.05, 4.69) is 25.9 Å². The lowest BCUT2D eigenvalue weighted by Gasteiger charge is -2.09. The summed E-state index contributed by atoms with van der Waals surface area (Å²) in [5.74, 6) is 1.85. The maximum Gasteiger partial charge on any atom is 0.110 e. The Morgan fingerprint density at radius 2 is 1.92 bits per heavy atom. The number of rotatable bonds is 1. The van der Waals surface area contributed by atoms with Crippen LogP contribution in [0.25, 0.3) is 0 Å². The fourth-order valence-corrected chi connectivity index (χ4v) is 2.38. The van der Waals surface area contributed by atoms with Crippen molar-refractivity contribution in [2.75, 3.05) is 0 Å². The summed E-state index contributed by atoms with van der Waals surface area (Å²) in [6, 6.07) is 0. The van der Waals surface area contributed by atoms with E-state index in [1.807, 2.05) is 6.20 Å². The van der Waals surface area contributed by atoms with Gasteiger partial charge in [-0.3, -0.25) is 0 Å². The molecule has 13 heavy (non-hydrogen) atoms. The monoisotopic (exact) mass is 242 g/mol. The molecular weight excluding hydrogens is 228 g/mol. The zero-order valence-electron chi connectivity index (χ0n) is 7.72. The predicted octanol–water partition coefficient (Wildman–Crippen LogP) is 3.61. The van der Waals surface area contributed by atoms with Gasteiger partial charge >= 0.3 is 0 Å². The number of hydrogen-bond acceptors (Lipinski definition) is 1. The van der Waals surface area contributed by atoms with Gasteiger partial charge in [0.1, 0.15) is 10.4 Å². The van der Waals surface area contributed by atoms with Crippen LogP contribution < -0.4 is 0 Å². The molecule has 0 aliphatic heterocycles. The van der Waals surface area contributed by atoms with Crippen LogP contribution in [0.2, 0.25) is 0 Å². The van der Waals surface area contributed by atoms with E-state index >= 15 is 0 Å². The smallest absolute Gasteiger partial charge is 0.110 e. The number of nitrogens with zero attached hydrogens (tertiary/aromatic N) is 1. The molecule has 0 atom stereocenters. The van der Waals surface area contributed by atoms with Crippen molar-refractivity contribution in [2.45, 2.75) is 44.4 Å². The molecule has 0 saturated heterocycles. The maximum atomic E-state index is 4.38. The molecule has 0 unspecified atom stereocenters. The van der Waals surface area contributed by atoms with Gasteiger partial charge in [0, 0.05) is 5.92 Å². The molecule has 0 amide bonds. The highest BCUT2D eigenvalue weighted by molar-refractivity contribution is 9.10. The molecule has 1 aliphatic carbocycles. The molecular formula is C10H15BrN2. The lowest BCUT2D eigenvalue weighted by Crippen LogP contribution is -1.99. The summed E-state index contributed by atoms with van der Waals surface area (Å²) in [5, 5.41) is 0. The van der Waals surface area contributed by atoms with E-state index in [0.29, 0.717) is 5.92 Å². The van der Waals surface area contributed by atoms with Gasteiger partial charge in [-0.2, -0.15) is 0 Å². The Bertz CT molecular complexity index is 262. The summed E-state index contributed by atoms with van der Waals surface area (Å²) < 4.78 is 1.01. The van der Waals surface area contributed by atoms with E-state index in [1.54, 1.807) is 0 Å². The average molecular weight is 243 g/mol. The van der Waals surface area contributed by atoms with Gasteiger partial charge in [0.2, 0.25) is 0 Å². The van der Waals surface area contributed by atoms with E-state index in [1.165, 1.54) is 44.3 Å². The summed E-state index contributed by atoms with van der Waals surface area (Å²) in [7, 11) is 0. The second-order valence-electron chi connectivity index (χ2n) is 3.80. The van der Waals surface area contributed by atoms with E-state index in [-0.39, 0.29) is 0 Å². The molecule has 1 heterocycles. The molecule has 1 fully saturated rings. The van der Waals surface area contributed by atoms with Gasteiger partial charge in [-0.1, -0.05) is 25.7 Å². The molecule has 72 valence electrons. The number of imidazole rings is 1. The fourth-order valence-electron chi connectivity index (χ4n) is 2.07. The zero-order chi connectivity index (χ0) is 9.10. The van der Waals surface area contributed by atoms with Crippen LogP contribution in [-0.2, 0) is 0 Å². The third-order valence-electron chi connectivity index (χ3n) is 2.81. The number of H-pyrrole nitrogens is 1. The van der Waals surface area contributed by atoms with Crippen LogP contribution in [0, 0.1) is 0 Å². The van der Waals surface area contributed by atoms with Crippen LogP contribution in [-0.4, -0.2) is 9.97 Å². The molecule has 1 aromatic heterocycles. The first-order valence-corrected chi connectivity index (χ1v) is 5.86. The lowest BCUT2D eigenvalue weighted by molar-refractivity contribution is 0.565. The molecule has 2 rings (SSSR count). The minimum absolute atomic E-state index is 0.675. The third kappa shape index (κ3) is 2.33. The molecule has 0 radical (unpaired) electrons. The Morgan fingerprint density at radius 1 is 1.23 bits per heavy atom. The van der Waals surface area contributed by atoms with Crippen LogP contribution in [0.1, 0.15) is 50.3 Å². The SMILES string of the molecule is Brc1cnc(C2CCCCCC2)[nH]1. The van der Waals surface area contributed by atoms with Gasteiger partial charge in [0.25, 0.3) is 0 Å². The molecule has 2 nitrogen and oxygen atoms in total. The first-order chi connectivity index (χ1) is 6.36. The third-order valence-corrected chi connectivity index (χ3v) is 3.21. The second kappa shape index (κ2) is 4.27. The summed E-state index contributed by atoms with van der Waals surface area (Å²) in [6.07, 6.45) is 10.0. The van der Waals surface area contributed by atoms with Gasteiger partial charge in [0.05, 0.1) is 6.20 Å². The lowest BCUT2D eigenvalue weighted by atomic mass is 10.00. The standard InChI is InChI=1S/C10H15BrN2/c11-9-7-12-10(13-9)8-5-3-1-2-4-6-8/h7-8H,1-6H2,(H,12,13). The minimum Gasteiger partial charge on any atom is -0.337 e. The maximum absolute atomic E-state index is 4.38. The molecule has 1 aromatic rings. The van der Waals surface area contributed by atoms with Crippen LogP contribution in [0.5, 0.6) is 0 Å².